The second-order valence-electron chi connectivity index (χ2n) is 5.73. The molecule has 0 aromatic heterocycles. The highest BCUT2D eigenvalue weighted by atomic mass is 16.2. The Hall–Kier alpha value is -1.79. The van der Waals surface area contributed by atoms with Gasteiger partial charge in [-0.15, -0.1) is 0 Å². The van der Waals surface area contributed by atoms with Crippen LogP contribution in [0.15, 0.2) is 18.2 Å². The lowest BCUT2D eigenvalue weighted by Gasteiger charge is -2.23. The average molecular weight is 284 g/mol. The quantitative estimate of drug-likeness (QED) is 0.845. The molecule has 1 saturated carbocycles. The van der Waals surface area contributed by atoms with Crippen LogP contribution in [-0.4, -0.2) is 30.4 Å². The fourth-order valence-corrected chi connectivity index (χ4v) is 2.41. The highest BCUT2D eigenvalue weighted by Gasteiger charge is 2.27. The van der Waals surface area contributed by atoms with Crippen LogP contribution in [0.1, 0.15) is 47.7 Å². The third-order valence-corrected chi connectivity index (χ3v) is 3.76. The molecule has 2 rings (SSSR count). The first-order valence-electron chi connectivity index (χ1n) is 7.74. The van der Waals surface area contributed by atoms with E-state index in [2.05, 4.69) is 18.8 Å². The molecule has 0 heterocycles. The van der Waals surface area contributed by atoms with Crippen molar-refractivity contribution in [2.75, 3.05) is 19.6 Å². The van der Waals surface area contributed by atoms with Gasteiger partial charge < -0.3 is 10.6 Å². The SMILES string of the molecule is CCCN(CC1CC1)C(=O)c1cc(C#CCN)ccc1C. The third-order valence-electron chi connectivity index (χ3n) is 3.76. The number of carbonyl (C=O) groups excluding carboxylic acids is 1. The first-order valence-corrected chi connectivity index (χ1v) is 7.74. The maximum atomic E-state index is 12.8. The molecule has 21 heavy (non-hydrogen) atoms. The van der Waals surface area contributed by atoms with Gasteiger partial charge in [0.05, 0.1) is 6.54 Å². The van der Waals surface area contributed by atoms with Crippen LogP contribution in [0.4, 0.5) is 0 Å². The molecular weight excluding hydrogens is 260 g/mol. The second kappa shape index (κ2) is 7.28. The molecule has 0 atom stereocenters. The number of hydrogen-bond acceptors (Lipinski definition) is 2. The van der Waals surface area contributed by atoms with E-state index in [0.717, 1.165) is 36.2 Å². The molecule has 1 aromatic rings. The molecule has 2 N–H and O–H groups in total. The van der Waals surface area contributed by atoms with Crippen molar-refractivity contribution in [1.29, 1.82) is 0 Å². The van der Waals surface area contributed by atoms with Gasteiger partial charge in [-0.25, -0.2) is 0 Å². The zero-order valence-electron chi connectivity index (χ0n) is 13.0. The Kier molecular flexibility index (Phi) is 5.41. The van der Waals surface area contributed by atoms with Crippen LogP contribution in [0.25, 0.3) is 0 Å². The molecule has 1 amide bonds. The highest BCUT2D eigenvalue weighted by Crippen LogP contribution is 2.30. The van der Waals surface area contributed by atoms with Crippen molar-refractivity contribution in [3.8, 4) is 11.8 Å². The van der Waals surface area contributed by atoms with Crippen LogP contribution in [-0.2, 0) is 0 Å². The van der Waals surface area contributed by atoms with Crippen molar-refractivity contribution in [1.82, 2.24) is 4.90 Å². The molecule has 112 valence electrons. The molecule has 1 aromatic carbocycles. The zero-order valence-corrected chi connectivity index (χ0v) is 13.0. The fourth-order valence-electron chi connectivity index (χ4n) is 2.41. The van der Waals surface area contributed by atoms with E-state index in [0.29, 0.717) is 12.5 Å². The average Bonchev–Trinajstić information content (AvgIpc) is 3.29. The van der Waals surface area contributed by atoms with Crippen LogP contribution in [0.3, 0.4) is 0 Å². The van der Waals surface area contributed by atoms with Gasteiger partial charge in [-0.3, -0.25) is 4.79 Å². The summed E-state index contributed by atoms with van der Waals surface area (Å²) in [6, 6.07) is 5.81. The van der Waals surface area contributed by atoms with Gasteiger partial charge in [0.2, 0.25) is 0 Å². The van der Waals surface area contributed by atoms with E-state index in [4.69, 9.17) is 5.73 Å². The molecular formula is C18H24N2O. The number of nitrogens with two attached hydrogens (primary N) is 1. The van der Waals surface area contributed by atoms with Crippen LogP contribution >= 0.6 is 0 Å². The lowest BCUT2D eigenvalue weighted by molar-refractivity contribution is 0.0747. The summed E-state index contributed by atoms with van der Waals surface area (Å²) in [6.07, 6.45) is 3.51. The van der Waals surface area contributed by atoms with Gasteiger partial charge in [-0.05, 0) is 49.8 Å². The van der Waals surface area contributed by atoms with E-state index in [1.54, 1.807) is 0 Å². The highest BCUT2D eigenvalue weighted by molar-refractivity contribution is 5.96. The Bertz CT molecular complexity index is 564. The van der Waals surface area contributed by atoms with Crippen LogP contribution in [0.2, 0.25) is 0 Å². The molecule has 1 fully saturated rings. The van der Waals surface area contributed by atoms with Gasteiger partial charge in [0.15, 0.2) is 0 Å². The van der Waals surface area contributed by atoms with Gasteiger partial charge in [0.25, 0.3) is 5.91 Å². The maximum Gasteiger partial charge on any atom is 0.254 e. The fraction of sp³-hybridized carbons (Fsp3) is 0.500. The van der Waals surface area contributed by atoms with Crippen molar-refractivity contribution in [3.05, 3.63) is 34.9 Å². The lowest BCUT2D eigenvalue weighted by atomic mass is 10.0. The summed E-state index contributed by atoms with van der Waals surface area (Å²) in [7, 11) is 0. The number of amides is 1. The van der Waals surface area contributed by atoms with E-state index in [1.807, 2.05) is 30.0 Å². The summed E-state index contributed by atoms with van der Waals surface area (Å²) >= 11 is 0. The van der Waals surface area contributed by atoms with Crippen molar-refractivity contribution >= 4 is 5.91 Å². The molecule has 3 nitrogen and oxygen atoms in total. The van der Waals surface area contributed by atoms with Gasteiger partial charge in [0, 0.05) is 24.2 Å². The minimum absolute atomic E-state index is 0.137. The van der Waals surface area contributed by atoms with Gasteiger partial charge in [0.1, 0.15) is 0 Å². The van der Waals surface area contributed by atoms with Gasteiger partial charge >= 0.3 is 0 Å². The number of aryl methyl sites for hydroxylation is 1. The van der Waals surface area contributed by atoms with Gasteiger partial charge in [-0.2, -0.15) is 0 Å². The predicted octanol–water partition coefficient (Wildman–Crippen LogP) is 2.57. The summed E-state index contributed by atoms with van der Waals surface area (Å²) in [5, 5.41) is 0. The molecule has 3 heteroatoms. The van der Waals surface area contributed by atoms with Crippen molar-refractivity contribution in [3.63, 3.8) is 0 Å². The first kappa shape index (κ1) is 15.6. The standard InChI is InChI=1S/C18H24N2O/c1-3-11-20(13-16-8-9-16)18(21)17-12-15(5-4-10-19)7-6-14(17)2/h6-7,12,16H,3,8-11,13,19H2,1-2H3. The Morgan fingerprint density at radius 2 is 2.19 bits per heavy atom. The van der Waals surface area contributed by atoms with Crippen molar-refractivity contribution in [2.45, 2.75) is 33.1 Å². The van der Waals surface area contributed by atoms with Crippen LogP contribution in [0.5, 0.6) is 0 Å². The number of carbonyl (C=O) groups is 1. The molecule has 0 spiro atoms. The minimum Gasteiger partial charge on any atom is -0.338 e. The Balaban J connectivity index is 2.22. The molecule has 0 saturated heterocycles. The van der Waals surface area contributed by atoms with E-state index in [9.17, 15) is 4.79 Å². The predicted molar refractivity (Wildman–Crippen MR) is 86.0 cm³/mol. The van der Waals surface area contributed by atoms with E-state index >= 15 is 0 Å². The van der Waals surface area contributed by atoms with Crippen molar-refractivity contribution in [2.24, 2.45) is 11.7 Å². The second-order valence-corrected chi connectivity index (χ2v) is 5.73. The lowest BCUT2D eigenvalue weighted by Crippen LogP contribution is -2.34. The Morgan fingerprint density at radius 3 is 2.81 bits per heavy atom. The number of rotatable bonds is 5. The van der Waals surface area contributed by atoms with Crippen LogP contribution in [0, 0.1) is 24.7 Å². The molecule has 0 bridgehead atoms. The third kappa shape index (κ3) is 4.34. The molecule has 1 aliphatic carbocycles. The summed E-state index contributed by atoms with van der Waals surface area (Å²) in [5.41, 5.74) is 8.04. The summed E-state index contributed by atoms with van der Waals surface area (Å²) in [6.45, 7) is 6.15. The summed E-state index contributed by atoms with van der Waals surface area (Å²) < 4.78 is 0. The smallest absolute Gasteiger partial charge is 0.254 e. The topological polar surface area (TPSA) is 46.3 Å². The van der Waals surface area contributed by atoms with E-state index in [-0.39, 0.29) is 5.91 Å². The molecule has 0 aliphatic heterocycles. The first-order chi connectivity index (χ1) is 10.2. The number of benzene rings is 1. The Labute approximate surface area is 127 Å². The molecule has 0 radical (unpaired) electrons. The van der Waals surface area contributed by atoms with Gasteiger partial charge in [-0.1, -0.05) is 24.8 Å². The molecule has 0 unspecified atom stereocenters. The van der Waals surface area contributed by atoms with Crippen molar-refractivity contribution < 1.29 is 4.79 Å². The normalized spacial score (nSPS) is 13.5. The Morgan fingerprint density at radius 1 is 1.43 bits per heavy atom. The van der Waals surface area contributed by atoms with Crippen LogP contribution < -0.4 is 5.73 Å². The monoisotopic (exact) mass is 284 g/mol. The summed E-state index contributed by atoms with van der Waals surface area (Å²) in [4.78, 5) is 14.8. The molecule has 1 aliphatic rings. The minimum atomic E-state index is 0.137. The number of hydrogen-bond donors (Lipinski definition) is 1. The van der Waals surface area contributed by atoms with E-state index in [1.165, 1.54) is 12.8 Å². The maximum absolute atomic E-state index is 12.8. The number of nitrogens with zero attached hydrogens (tertiary/aromatic N) is 1. The summed E-state index contributed by atoms with van der Waals surface area (Å²) in [5.74, 6) is 6.69. The zero-order chi connectivity index (χ0) is 15.2. The van der Waals surface area contributed by atoms with E-state index < -0.39 is 0 Å². The largest absolute Gasteiger partial charge is 0.338 e.